The fraction of sp³-hybridized carbons (Fsp3) is 0.667. The molecule has 2 rings (SSSR count). The Hall–Kier alpha value is -2.07. The predicted molar refractivity (Wildman–Crippen MR) is 162 cm³/mol. The number of esters is 1. The molecule has 4 heteroatoms. The van der Waals surface area contributed by atoms with Crippen LogP contribution in [0.5, 0.6) is 11.5 Å². The lowest BCUT2D eigenvalue weighted by Crippen LogP contribution is -2.29. The summed E-state index contributed by atoms with van der Waals surface area (Å²) in [5.41, 5.74) is 0.488. The Morgan fingerprint density at radius 2 is 1.46 bits per heavy atom. The lowest BCUT2D eigenvalue weighted by Gasteiger charge is -2.23. The molecule has 0 bridgehead atoms. The van der Waals surface area contributed by atoms with Gasteiger partial charge < -0.3 is 14.2 Å². The van der Waals surface area contributed by atoms with Gasteiger partial charge in [0.25, 0.3) is 0 Å². The van der Waals surface area contributed by atoms with Crippen molar-refractivity contribution in [3.05, 3.63) is 49.1 Å². The van der Waals surface area contributed by atoms with Crippen LogP contribution in [0.3, 0.4) is 0 Å². The molecule has 0 aliphatic heterocycles. The van der Waals surface area contributed by atoms with Crippen molar-refractivity contribution in [1.82, 2.24) is 0 Å². The van der Waals surface area contributed by atoms with Crippen LogP contribution in [-0.4, -0.2) is 18.9 Å². The molecule has 0 aromatic heterocycles. The Morgan fingerprint density at radius 1 is 0.973 bits per heavy atom. The molecule has 0 amide bonds. The van der Waals surface area contributed by atoms with Gasteiger partial charge in [0.1, 0.15) is 11.5 Å². The molecule has 4 nitrogen and oxygen atoms in total. The normalized spacial score (nSPS) is 14.6. The summed E-state index contributed by atoms with van der Waals surface area (Å²) in [5.74, 6) is 1.80. The molecular formula is C33H60O4. The van der Waals surface area contributed by atoms with Crippen molar-refractivity contribution in [3.8, 4) is 11.5 Å². The minimum atomic E-state index is -0.616. The second kappa shape index (κ2) is 25.6. The topological polar surface area (TPSA) is 44.8 Å². The van der Waals surface area contributed by atoms with Gasteiger partial charge in [0, 0.05) is 0 Å². The highest BCUT2D eigenvalue weighted by Crippen LogP contribution is 2.29. The number of hydrogen-bond donors (Lipinski definition) is 0. The van der Waals surface area contributed by atoms with Crippen LogP contribution in [0.2, 0.25) is 0 Å². The van der Waals surface area contributed by atoms with Crippen LogP contribution >= 0.6 is 0 Å². The summed E-state index contributed by atoms with van der Waals surface area (Å²) >= 11 is 0. The van der Waals surface area contributed by atoms with Crippen molar-refractivity contribution in [2.75, 3.05) is 6.61 Å². The van der Waals surface area contributed by atoms with E-state index in [1.54, 1.807) is 12.1 Å². The fourth-order valence-electron chi connectivity index (χ4n) is 3.85. The number of carbonyl (C=O) groups excluding carboxylic acids is 1. The molecule has 216 valence electrons. The SMILES string of the molecule is C=C.CC.CC.CC.CCC(C)(C=C(C)C)C(=O)Oc1ccc(OC(C)OCCC2CCCCC2)cc1. The van der Waals surface area contributed by atoms with Crippen LogP contribution in [0.4, 0.5) is 0 Å². The summed E-state index contributed by atoms with van der Waals surface area (Å²) in [6, 6.07) is 7.16. The summed E-state index contributed by atoms with van der Waals surface area (Å²) in [6.07, 6.45) is 10.3. The molecule has 1 aliphatic rings. The molecular weight excluding hydrogens is 460 g/mol. The largest absolute Gasteiger partial charge is 0.465 e. The van der Waals surface area contributed by atoms with E-state index in [1.165, 1.54) is 32.1 Å². The van der Waals surface area contributed by atoms with Gasteiger partial charge in [-0.25, -0.2) is 0 Å². The van der Waals surface area contributed by atoms with E-state index in [0.29, 0.717) is 17.9 Å². The van der Waals surface area contributed by atoms with E-state index in [-0.39, 0.29) is 12.3 Å². The quantitative estimate of drug-likeness (QED) is 0.133. The second-order valence-electron chi connectivity index (χ2n) is 8.70. The van der Waals surface area contributed by atoms with Crippen LogP contribution in [-0.2, 0) is 9.53 Å². The zero-order chi connectivity index (χ0) is 29.3. The number of benzene rings is 1. The predicted octanol–water partition coefficient (Wildman–Crippen LogP) is 10.6. The molecule has 0 radical (unpaired) electrons. The van der Waals surface area contributed by atoms with Crippen LogP contribution in [0, 0.1) is 11.3 Å². The van der Waals surface area contributed by atoms with E-state index < -0.39 is 5.41 Å². The average Bonchev–Trinajstić information content (AvgIpc) is 2.94. The van der Waals surface area contributed by atoms with Crippen molar-refractivity contribution in [1.29, 1.82) is 0 Å². The van der Waals surface area contributed by atoms with Crippen LogP contribution in [0.25, 0.3) is 0 Å². The number of carbonyl (C=O) groups is 1. The van der Waals surface area contributed by atoms with Crippen LogP contribution in [0.15, 0.2) is 49.1 Å². The maximum atomic E-state index is 12.6. The van der Waals surface area contributed by atoms with Crippen molar-refractivity contribution < 1.29 is 19.0 Å². The van der Waals surface area contributed by atoms with E-state index in [1.807, 2.05) is 94.4 Å². The smallest absolute Gasteiger partial charge is 0.321 e. The molecule has 0 N–H and O–H groups in total. The lowest BCUT2D eigenvalue weighted by atomic mass is 9.86. The molecule has 2 atom stereocenters. The van der Waals surface area contributed by atoms with Gasteiger partial charge in [-0.1, -0.05) is 92.2 Å². The number of rotatable bonds is 10. The van der Waals surface area contributed by atoms with Gasteiger partial charge in [0.15, 0.2) is 6.29 Å². The summed E-state index contributed by atoms with van der Waals surface area (Å²) in [6.45, 7) is 28.5. The Kier molecular flexibility index (Phi) is 27.3. The first-order valence-electron chi connectivity index (χ1n) is 14.6. The van der Waals surface area contributed by atoms with E-state index in [9.17, 15) is 4.79 Å². The van der Waals surface area contributed by atoms with Crippen LogP contribution in [0.1, 0.15) is 121 Å². The first kappa shape index (κ1) is 39.4. The summed E-state index contributed by atoms with van der Waals surface area (Å²) in [4.78, 5) is 12.6. The highest BCUT2D eigenvalue weighted by atomic mass is 16.7. The van der Waals surface area contributed by atoms with Crippen LogP contribution < -0.4 is 9.47 Å². The molecule has 0 spiro atoms. The zero-order valence-electron chi connectivity index (χ0n) is 26.2. The van der Waals surface area contributed by atoms with E-state index in [4.69, 9.17) is 14.2 Å². The molecule has 0 saturated heterocycles. The fourth-order valence-corrected chi connectivity index (χ4v) is 3.85. The molecule has 1 aromatic rings. The number of allylic oxidation sites excluding steroid dienone is 1. The summed E-state index contributed by atoms with van der Waals surface area (Å²) in [5, 5.41) is 0. The Bertz CT molecular complexity index is 670. The van der Waals surface area contributed by atoms with Crippen molar-refractivity contribution in [2.24, 2.45) is 11.3 Å². The number of ether oxygens (including phenoxy) is 3. The molecule has 37 heavy (non-hydrogen) atoms. The average molecular weight is 521 g/mol. The van der Waals surface area contributed by atoms with Gasteiger partial charge in [0.2, 0.25) is 0 Å². The zero-order valence-corrected chi connectivity index (χ0v) is 26.2. The molecule has 1 saturated carbocycles. The lowest BCUT2D eigenvalue weighted by molar-refractivity contribution is -0.142. The van der Waals surface area contributed by atoms with Gasteiger partial charge in [-0.05, 0) is 70.7 Å². The highest BCUT2D eigenvalue weighted by molar-refractivity contribution is 5.81. The van der Waals surface area contributed by atoms with Gasteiger partial charge >= 0.3 is 5.97 Å². The minimum Gasteiger partial charge on any atom is -0.465 e. The van der Waals surface area contributed by atoms with E-state index >= 15 is 0 Å². The first-order chi connectivity index (χ1) is 17.8. The van der Waals surface area contributed by atoms with Crippen molar-refractivity contribution in [2.45, 2.75) is 127 Å². The third kappa shape index (κ3) is 17.9. The van der Waals surface area contributed by atoms with Gasteiger partial charge in [-0.3, -0.25) is 4.79 Å². The van der Waals surface area contributed by atoms with Crippen molar-refractivity contribution in [3.63, 3.8) is 0 Å². The summed E-state index contributed by atoms with van der Waals surface area (Å²) < 4.78 is 17.3. The highest BCUT2D eigenvalue weighted by Gasteiger charge is 2.31. The van der Waals surface area contributed by atoms with E-state index in [0.717, 1.165) is 24.5 Å². The molecule has 1 fully saturated rings. The molecule has 0 heterocycles. The maximum absolute atomic E-state index is 12.6. The Morgan fingerprint density at radius 3 is 1.92 bits per heavy atom. The second-order valence-corrected chi connectivity index (χ2v) is 8.70. The van der Waals surface area contributed by atoms with Gasteiger partial charge in [-0.15, -0.1) is 13.2 Å². The Labute approximate surface area is 230 Å². The third-order valence-corrected chi connectivity index (χ3v) is 5.75. The minimum absolute atomic E-state index is 0.241. The number of hydrogen-bond acceptors (Lipinski definition) is 4. The third-order valence-electron chi connectivity index (χ3n) is 5.75. The van der Waals surface area contributed by atoms with E-state index in [2.05, 4.69) is 13.2 Å². The maximum Gasteiger partial charge on any atom is 0.321 e. The van der Waals surface area contributed by atoms with Gasteiger partial charge in [0.05, 0.1) is 12.0 Å². The van der Waals surface area contributed by atoms with Crippen molar-refractivity contribution >= 4 is 5.97 Å². The molecule has 2 unspecified atom stereocenters. The standard InChI is InChI=1S/C25H38O4.3C2H6.C2H4/c1-6-25(5,18-19(2)3)24(26)29-23-14-12-22(13-15-23)28-20(4)27-17-16-21-10-8-7-9-11-21;4*1-2/h12-15,18,20-21H,6-11,16-17H2,1-5H3;3*1-2H3;1-2H2. The Balaban J connectivity index is -0.00000131. The van der Waals surface area contributed by atoms with Gasteiger partial charge in [-0.2, -0.15) is 0 Å². The summed E-state index contributed by atoms with van der Waals surface area (Å²) in [7, 11) is 0. The molecule has 1 aromatic carbocycles. The monoisotopic (exact) mass is 520 g/mol. The first-order valence-corrected chi connectivity index (χ1v) is 14.6. The molecule has 1 aliphatic carbocycles.